The number of nitrogens with zero attached hydrogens (tertiary/aromatic N) is 2. The Bertz CT molecular complexity index is 1040. The number of ether oxygens (including phenoxy) is 2. The lowest BCUT2D eigenvalue weighted by Crippen LogP contribution is -2.16. The second-order valence-corrected chi connectivity index (χ2v) is 5.78. The van der Waals surface area contributed by atoms with E-state index in [1.807, 2.05) is 12.1 Å². The average molecular weight is 413 g/mol. The zero-order valence-electron chi connectivity index (χ0n) is 13.7. The number of hydrogen-bond donors (Lipinski definition) is 2. The molecule has 0 saturated carbocycles. The normalized spacial score (nSPS) is 9.65. The van der Waals surface area contributed by atoms with Crippen LogP contribution in [0.5, 0.6) is 11.5 Å². The van der Waals surface area contributed by atoms with Gasteiger partial charge in [0.25, 0.3) is 5.56 Å². The topological polar surface area (TPSA) is 125 Å². The maximum absolute atomic E-state index is 12.1. The summed E-state index contributed by atoms with van der Waals surface area (Å²) < 4.78 is 11.5. The fourth-order valence-corrected chi connectivity index (χ4v) is 2.86. The molecule has 0 radical (unpaired) electrons. The first kappa shape index (κ1) is 18.9. The van der Waals surface area contributed by atoms with Gasteiger partial charge in [-0.05, 0) is 19.1 Å². The number of nitrogen functional groups attached to an aromatic ring is 1. The molecule has 3 N–H and O–H groups in total. The second-order valence-electron chi connectivity index (χ2n) is 4.92. The van der Waals surface area contributed by atoms with Crippen molar-refractivity contribution < 1.29 is 9.47 Å². The van der Waals surface area contributed by atoms with Gasteiger partial charge in [-0.15, -0.1) is 6.42 Å². The van der Waals surface area contributed by atoms with Crippen molar-refractivity contribution in [1.82, 2.24) is 4.98 Å². The van der Waals surface area contributed by atoms with Crippen molar-refractivity contribution in [3.05, 3.63) is 38.1 Å². The van der Waals surface area contributed by atoms with Gasteiger partial charge in [0.2, 0.25) is 0 Å². The molecule has 0 unspecified atom stereocenters. The number of rotatable bonds is 5. The van der Waals surface area contributed by atoms with Gasteiger partial charge in [0.1, 0.15) is 35.7 Å². The third-order valence-electron chi connectivity index (χ3n) is 3.38. The van der Waals surface area contributed by atoms with Gasteiger partial charge >= 0.3 is 0 Å². The number of aromatic amines is 1. The standard InChI is InChI=1S/C18H13BrN4O3/c1-3-5-26-15-7-13(19)10(6-14(15)25-4-2)16-11(8-20)17(22)23-18(24)12(16)9-21/h1,6-7H,4-5H2,2H3,(H3,22,23,24). The lowest BCUT2D eigenvalue weighted by atomic mass is 9.96. The van der Waals surface area contributed by atoms with Gasteiger partial charge in [-0.1, -0.05) is 21.9 Å². The first-order valence-electron chi connectivity index (χ1n) is 7.37. The highest BCUT2D eigenvalue weighted by Crippen LogP contribution is 2.41. The van der Waals surface area contributed by atoms with Gasteiger partial charge in [-0.2, -0.15) is 10.5 Å². The van der Waals surface area contributed by atoms with E-state index < -0.39 is 5.56 Å². The molecule has 0 amide bonds. The lowest BCUT2D eigenvalue weighted by Gasteiger charge is -2.16. The van der Waals surface area contributed by atoms with Crippen LogP contribution in [0.25, 0.3) is 11.1 Å². The predicted octanol–water partition coefficient (Wildman–Crippen LogP) is 2.54. The van der Waals surface area contributed by atoms with Crippen molar-refractivity contribution in [1.29, 1.82) is 10.5 Å². The van der Waals surface area contributed by atoms with Crippen LogP contribution in [-0.4, -0.2) is 18.2 Å². The van der Waals surface area contributed by atoms with E-state index in [-0.39, 0.29) is 29.1 Å². The molecule has 7 nitrogen and oxygen atoms in total. The molecule has 0 aliphatic carbocycles. The Morgan fingerprint density at radius 3 is 2.46 bits per heavy atom. The monoisotopic (exact) mass is 412 g/mol. The molecule has 0 atom stereocenters. The maximum atomic E-state index is 12.1. The Morgan fingerprint density at radius 1 is 1.23 bits per heavy atom. The van der Waals surface area contributed by atoms with Crippen LogP contribution in [0, 0.1) is 35.0 Å². The third kappa shape index (κ3) is 3.49. The Morgan fingerprint density at radius 2 is 1.88 bits per heavy atom. The van der Waals surface area contributed by atoms with E-state index in [0.717, 1.165) is 0 Å². The molecular formula is C18H13BrN4O3. The molecule has 8 heteroatoms. The van der Waals surface area contributed by atoms with E-state index >= 15 is 0 Å². The van der Waals surface area contributed by atoms with Gasteiger partial charge in [-0.25, -0.2) is 0 Å². The molecule has 1 heterocycles. The smallest absolute Gasteiger partial charge is 0.268 e. The van der Waals surface area contributed by atoms with Crippen LogP contribution in [-0.2, 0) is 0 Å². The van der Waals surface area contributed by atoms with Gasteiger partial charge in [-0.3, -0.25) is 4.79 Å². The second kappa shape index (κ2) is 8.11. The molecule has 1 aromatic heterocycles. The summed E-state index contributed by atoms with van der Waals surface area (Å²) in [5, 5.41) is 18.8. The van der Waals surface area contributed by atoms with Gasteiger partial charge in [0, 0.05) is 15.6 Å². The number of halogens is 1. The van der Waals surface area contributed by atoms with Crippen molar-refractivity contribution in [2.24, 2.45) is 0 Å². The number of nitrogens with two attached hydrogens (primary N) is 1. The molecule has 0 fully saturated rings. The molecule has 0 aliphatic heterocycles. The summed E-state index contributed by atoms with van der Waals surface area (Å²) in [6.07, 6.45) is 5.22. The fourth-order valence-electron chi connectivity index (χ4n) is 2.34. The molecule has 0 bridgehead atoms. The van der Waals surface area contributed by atoms with Crippen LogP contribution in [0.3, 0.4) is 0 Å². The quantitative estimate of drug-likeness (QED) is 0.726. The first-order chi connectivity index (χ1) is 12.5. The maximum Gasteiger partial charge on any atom is 0.268 e. The Kier molecular flexibility index (Phi) is 5.90. The summed E-state index contributed by atoms with van der Waals surface area (Å²) in [7, 11) is 0. The third-order valence-corrected chi connectivity index (χ3v) is 4.04. The molecule has 26 heavy (non-hydrogen) atoms. The number of aromatic nitrogens is 1. The number of H-pyrrole nitrogens is 1. The highest BCUT2D eigenvalue weighted by Gasteiger charge is 2.22. The summed E-state index contributed by atoms with van der Waals surface area (Å²) in [4.78, 5) is 14.4. The van der Waals surface area contributed by atoms with Crippen LogP contribution < -0.4 is 20.8 Å². The van der Waals surface area contributed by atoms with Gasteiger partial charge in [0.05, 0.1) is 6.61 Å². The minimum atomic E-state index is -0.684. The molecular weight excluding hydrogens is 400 g/mol. The van der Waals surface area contributed by atoms with Gasteiger partial charge < -0.3 is 20.2 Å². The highest BCUT2D eigenvalue weighted by atomic mass is 79.9. The minimum Gasteiger partial charge on any atom is -0.490 e. The van der Waals surface area contributed by atoms with Crippen molar-refractivity contribution in [2.75, 3.05) is 18.9 Å². The first-order valence-corrected chi connectivity index (χ1v) is 8.16. The Labute approximate surface area is 158 Å². The van der Waals surface area contributed by atoms with E-state index in [9.17, 15) is 15.3 Å². The van der Waals surface area contributed by atoms with Crippen LogP contribution in [0.15, 0.2) is 21.4 Å². The number of pyridine rings is 1. The van der Waals surface area contributed by atoms with E-state index in [1.165, 1.54) is 0 Å². The highest BCUT2D eigenvalue weighted by molar-refractivity contribution is 9.10. The summed E-state index contributed by atoms with van der Waals surface area (Å²) in [5.74, 6) is 2.98. The largest absolute Gasteiger partial charge is 0.490 e. The molecule has 130 valence electrons. The lowest BCUT2D eigenvalue weighted by molar-refractivity contribution is 0.299. The van der Waals surface area contributed by atoms with Crippen LogP contribution in [0.2, 0.25) is 0 Å². The number of benzene rings is 1. The zero-order valence-corrected chi connectivity index (χ0v) is 15.3. The fraction of sp³-hybridized carbons (Fsp3) is 0.167. The zero-order chi connectivity index (χ0) is 19.3. The van der Waals surface area contributed by atoms with Crippen LogP contribution >= 0.6 is 15.9 Å². The average Bonchev–Trinajstić information content (AvgIpc) is 2.61. The van der Waals surface area contributed by atoms with E-state index in [0.29, 0.717) is 28.1 Å². The number of nitrogens with one attached hydrogen (secondary N) is 1. The van der Waals surface area contributed by atoms with Crippen molar-refractivity contribution >= 4 is 21.7 Å². The molecule has 2 rings (SSSR count). The predicted molar refractivity (Wildman–Crippen MR) is 99.5 cm³/mol. The molecule has 1 aromatic carbocycles. The Balaban J connectivity index is 2.84. The molecule has 0 spiro atoms. The van der Waals surface area contributed by atoms with E-state index in [1.54, 1.807) is 19.1 Å². The summed E-state index contributed by atoms with van der Waals surface area (Å²) in [6.45, 7) is 2.18. The van der Waals surface area contributed by atoms with Gasteiger partial charge in [0.15, 0.2) is 11.5 Å². The SMILES string of the molecule is C#CCOc1cc(Br)c(-c2c(C#N)c(N)[nH]c(=O)c2C#N)cc1OCC. The van der Waals surface area contributed by atoms with E-state index in [4.69, 9.17) is 21.6 Å². The van der Waals surface area contributed by atoms with Crippen molar-refractivity contribution in [3.8, 4) is 47.1 Å². The Hall–Kier alpha value is -3.41. The van der Waals surface area contributed by atoms with Crippen LogP contribution in [0.4, 0.5) is 5.82 Å². The molecule has 0 saturated heterocycles. The van der Waals surface area contributed by atoms with E-state index in [2.05, 4.69) is 26.8 Å². The minimum absolute atomic E-state index is 0.0124. The molecule has 0 aliphatic rings. The number of terminal acetylenes is 1. The number of anilines is 1. The van der Waals surface area contributed by atoms with Crippen LogP contribution in [0.1, 0.15) is 18.1 Å². The van der Waals surface area contributed by atoms with Crippen molar-refractivity contribution in [3.63, 3.8) is 0 Å². The number of hydrogen-bond acceptors (Lipinski definition) is 6. The number of nitriles is 2. The summed E-state index contributed by atoms with van der Waals surface area (Å²) in [5.41, 5.74) is 5.35. The summed E-state index contributed by atoms with van der Waals surface area (Å²) in [6, 6.07) is 6.91. The van der Waals surface area contributed by atoms with Crippen molar-refractivity contribution in [2.45, 2.75) is 6.92 Å². The molecule has 2 aromatic rings. The summed E-state index contributed by atoms with van der Waals surface area (Å²) >= 11 is 3.38.